The molecule has 9 nitrogen and oxygen atoms in total. The standard InChI is InChI=1S/C23H29ClF2N7O2.Cs/c1-22(4-2-6-27-9-14(25)8-22)13-35-21-30-17-15(10-28-18(24)16(17)26)19(31-21)33-7-3-5-23(12-33)11-29-20(34)32-23;/h10,14,27H,1-9,11-13H2,(H2,29,32,34);/q-1;+1/t14?,22-,23?;/m1./s1. The molecule has 3 fully saturated rings. The Bertz CT molecular complexity index is 1130. The smallest absolute Gasteiger partial charge is 0.466 e. The quantitative estimate of drug-likeness (QED) is 0.314. The van der Waals surface area contributed by atoms with Crippen LogP contribution in [0.3, 0.4) is 0 Å². The van der Waals surface area contributed by atoms with E-state index in [1.54, 1.807) is 0 Å². The molecule has 2 aromatic heterocycles. The number of anilines is 1. The van der Waals surface area contributed by atoms with Gasteiger partial charge in [0, 0.05) is 32.4 Å². The Hall–Kier alpha value is -0.478. The molecule has 190 valence electrons. The van der Waals surface area contributed by atoms with Crippen LogP contribution in [-0.2, 0) is 0 Å². The number of nitrogens with zero attached hydrogens (tertiary/aromatic N) is 4. The number of ether oxygens (including phenoxy) is 1. The van der Waals surface area contributed by atoms with Crippen molar-refractivity contribution >= 4 is 34.4 Å². The molecule has 1 spiro atoms. The molecule has 13 heteroatoms. The van der Waals surface area contributed by atoms with E-state index < -0.39 is 22.9 Å². The van der Waals surface area contributed by atoms with Gasteiger partial charge in [0.25, 0.3) is 0 Å². The molecule has 3 aliphatic rings. The molecule has 0 radical (unpaired) electrons. The minimum Gasteiger partial charge on any atom is -0.466 e. The van der Waals surface area contributed by atoms with Gasteiger partial charge in [-0.15, -0.1) is 5.41 Å². The number of carbonyl (C=O) groups excluding carboxylic acids is 1. The third-order valence-electron chi connectivity index (χ3n) is 7.03. The number of piperidine rings is 1. The number of amides is 2. The zero-order valence-electron chi connectivity index (χ0n) is 20.4. The molecule has 2 amide bonds. The third-order valence-corrected chi connectivity index (χ3v) is 7.30. The molecule has 3 saturated heterocycles. The molecule has 3 aliphatic heterocycles. The van der Waals surface area contributed by atoms with Crippen LogP contribution in [0, 0.1) is 18.2 Å². The summed E-state index contributed by atoms with van der Waals surface area (Å²) in [5.74, 6) is -0.304. The van der Waals surface area contributed by atoms with Crippen LogP contribution in [0.4, 0.5) is 19.4 Å². The van der Waals surface area contributed by atoms with Gasteiger partial charge in [0.05, 0.1) is 17.5 Å². The number of aromatic nitrogens is 3. The van der Waals surface area contributed by atoms with E-state index in [9.17, 15) is 13.6 Å². The third kappa shape index (κ3) is 6.22. The van der Waals surface area contributed by atoms with Crippen molar-refractivity contribution in [1.29, 1.82) is 0 Å². The van der Waals surface area contributed by atoms with Crippen molar-refractivity contribution in [1.82, 2.24) is 30.9 Å². The molecular formula is C23H29ClCsF2N7O2. The molecule has 0 saturated carbocycles. The summed E-state index contributed by atoms with van der Waals surface area (Å²) < 4.78 is 35.3. The molecule has 0 bridgehead atoms. The van der Waals surface area contributed by atoms with E-state index in [1.807, 2.05) is 4.90 Å². The fraction of sp³-hybridized carbons (Fsp3) is 0.609. The maximum atomic E-state index is 15.0. The van der Waals surface area contributed by atoms with Gasteiger partial charge in [-0.2, -0.15) is 9.97 Å². The monoisotopic (exact) mass is 641 g/mol. The molecule has 36 heavy (non-hydrogen) atoms. The van der Waals surface area contributed by atoms with Crippen molar-refractivity contribution in [3.8, 4) is 6.01 Å². The van der Waals surface area contributed by atoms with Crippen LogP contribution in [0.5, 0.6) is 6.01 Å². The summed E-state index contributed by atoms with van der Waals surface area (Å²) in [7, 11) is 0. The first kappa shape index (κ1) is 28.5. The second kappa shape index (κ2) is 11.7. The van der Waals surface area contributed by atoms with Crippen molar-refractivity contribution in [3.63, 3.8) is 0 Å². The number of pyridine rings is 1. The number of urea groups is 1. The molecule has 2 unspecified atom stereocenters. The van der Waals surface area contributed by atoms with Crippen molar-refractivity contribution in [2.75, 3.05) is 44.2 Å². The fourth-order valence-corrected chi connectivity index (χ4v) is 5.42. The minimum absolute atomic E-state index is 0. The van der Waals surface area contributed by atoms with E-state index in [0.29, 0.717) is 43.8 Å². The van der Waals surface area contributed by atoms with E-state index in [1.165, 1.54) is 6.20 Å². The van der Waals surface area contributed by atoms with E-state index in [4.69, 9.17) is 16.3 Å². The maximum Gasteiger partial charge on any atom is 1.00 e. The molecule has 3 atom stereocenters. The van der Waals surface area contributed by atoms with Crippen LogP contribution in [0.2, 0.25) is 5.15 Å². The van der Waals surface area contributed by atoms with E-state index >= 15 is 0 Å². The Kier molecular flexibility index (Phi) is 9.29. The molecule has 5 heterocycles. The Morgan fingerprint density at radius 2 is 2.14 bits per heavy atom. The van der Waals surface area contributed by atoms with Gasteiger partial charge in [-0.25, -0.2) is 18.6 Å². The largest absolute Gasteiger partial charge is 1.00 e. The topological polar surface area (TPSA) is 104 Å². The molecule has 0 aromatic carbocycles. The maximum absolute atomic E-state index is 15.0. The average molecular weight is 642 g/mol. The summed E-state index contributed by atoms with van der Waals surface area (Å²) in [6.45, 7) is 6.98. The van der Waals surface area contributed by atoms with Crippen molar-refractivity contribution in [2.24, 2.45) is 5.41 Å². The predicted octanol–water partition coefficient (Wildman–Crippen LogP) is -0.216. The van der Waals surface area contributed by atoms with Crippen molar-refractivity contribution in [3.05, 3.63) is 24.1 Å². The molecule has 5 rings (SSSR count). The summed E-state index contributed by atoms with van der Waals surface area (Å²) in [6.07, 6.45) is 3.79. The van der Waals surface area contributed by atoms with E-state index in [-0.39, 0.29) is 111 Å². The summed E-state index contributed by atoms with van der Waals surface area (Å²) >= 11 is 5.95. The number of fused-ring (bicyclic) bond motifs is 1. The predicted molar refractivity (Wildman–Crippen MR) is 128 cm³/mol. The summed E-state index contributed by atoms with van der Waals surface area (Å²) in [4.78, 5) is 26.7. The zero-order chi connectivity index (χ0) is 24.6. The first-order chi connectivity index (χ1) is 16.8. The zero-order valence-corrected chi connectivity index (χ0v) is 27.4. The van der Waals surface area contributed by atoms with Crippen LogP contribution in [-0.4, -0.2) is 72.0 Å². The van der Waals surface area contributed by atoms with Crippen molar-refractivity contribution < 1.29 is 87.2 Å². The van der Waals surface area contributed by atoms with Gasteiger partial charge < -0.3 is 32.5 Å². The van der Waals surface area contributed by atoms with Gasteiger partial charge in [-0.3, -0.25) is 0 Å². The Morgan fingerprint density at radius 1 is 1.31 bits per heavy atom. The van der Waals surface area contributed by atoms with Crippen LogP contribution >= 0.6 is 11.6 Å². The van der Waals surface area contributed by atoms with Gasteiger partial charge in [-0.05, 0) is 32.2 Å². The number of halogens is 3. The number of alkyl halides is 1. The number of hydrogen-bond acceptors (Lipinski definition) is 7. The molecule has 2 aromatic rings. The molecule has 3 N–H and O–H groups in total. The number of nitrogens with one attached hydrogen (secondary N) is 3. The van der Waals surface area contributed by atoms with Gasteiger partial charge in [-0.1, -0.05) is 18.0 Å². The second-order valence-electron chi connectivity index (χ2n) is 9.97. The van der Waals surface area contributed by atoms with Gasteiger partial charge >= 0.3 is 80.9 Å². The number of carbonyl (C=O) groups is 1. The molecule has 0 aliphatic carbocycles. The first-order valence-electron chi connectivity index (χ1n) is 11.9. The Balaban J connectivity index is 0.00000304. The molecular weight excluding hydrogens is 613 g/mol. The van der Waals surface area contributed by atoms with Crippen molar-refractivity contribution in [2.45, 2.75) is 43.8 Å². The van der Waals surface area contributed by atoms with Crippen LogP contribution in [0.1, 0.15) is 32.1 Å². The van der Waals surface area contributed by atoms with Gasteiger partial charge in [0.15, 0.2) is 11.0 Å². The Labute approximate surface area is 272 Å². The summed E-state index contributed by atoms with van der Waals surface area (Å²) in [6, 6.07) is -0.232. The first-order valence-corrected chi connectivity index (χ1v) is 12.3. The average Bonchev–Trinajstić information content (AvgIpc) is 3.17. The summed E-state index contributed by atoms with van der Waals surface area (Å²) in [5, 5.41) is 9.03. The second-order valence-corrected chi connectivity index (χ2v) is 10.3. The summed E-state index contributed by atoms with van der Waals surface area (Å²) in [5.41, 5.74) is -1.09. The van der Waals surface area contributed by atoms with Gasteiger partial charge in [0.1, 0.15) is 17.5 Å². The van der Waals surface area contributed by atoms with Crippen LogP contribution in [0.15, 0.2) is 6.20 Å². The number of hydrogen-bond donors (Lipinski definition) is 3. The minimum atomic E-state index is -1.04. The van der Waals surface area contributed by atoms with E-state index in [2.05, 4.69) is 37.8 Å². The Morgan fingerprint density at radius 3 is 2.92 bits per heavy atom. The number of rotatable bonds is 4. The van der Waals surface area contributed by atoms with Gasteiger partial charge in [0.2, 0.25) is 0 Å². The van der Waals surface area contributed by atoms with Crippen LogP contribution in [0.25, 0.3) is 10.9 Å². The van der Waals surface area contributed by atoms with Crippen LogP contribution < -0.4 is 94.5 Å². The normalized spacial score (nSPS) is 28.7. The fourth-order valence-electron chi connectivity index (χ4n) is 5.28. The van der Waals surface area contributed by atoms with E-state index in [0.717, 1.165) is 19.3 Å². The SMILES string of the molecule is [CH2-][C@@]1(COc2nc(N3CCCC4(CNC(=O)N4)C3)c3cnc(Cl)c(F)c3n2)CCCNCC(F)C1.[Cs+].